The molecule has 2 aromatic rings. The van der Waals surface area contributed by atoms with E-state index in [1.165, 1.54) is 11.9 Å². The first kappa shape index (κ1) is 13.7. The first-order valence-electron chi connectivity index (χ1n) is 7.14. The molecular weight excluding hydrogens is 264 g/mol. The third-order valence-corrected chi connectivity index (χ3v) is 3.71. The van der Waals surface area contributed by atoms with Crippen molar-refractivity contribution in [2.45, 2.75) is 6.54 Å². The minimum absolute atomic E-state index is 0.00300. The van der Waals surface area contributed by atoms with E-state index >= 15 is 0 Å². The number of hydrogen-bond donors (Lipinski definition) is 0. The van der Waals surface area contributed by atoms with E-state index in [-0.39, 0.29) is 5.91 Å². The molecule has 0 unspecified atom stereocenters. The van der Waals surface area contributed by atoms with Crippen molar-refractivity contribution in [2.24, 2.45) is 0 Å². The Morgan fingerprint density at radius 2 is 1.81 bits per heavy atom. The van der Waals surface area contributed by atoms with Crippen LogP contribution in [0.3, 0.4) is 0 Å². The van der Waals surface area contributed by atoms with Gasteiger partial charge in [-0.25, -0.2) is 9.97 Å². The van der Waals surface area contributed by atoms with Crippen LogP contribution in [0.4, 0.5) is 0 Å². The minimum Gasteiger partial charge on any atom is -0.335 e. The van der Waals surface area contributed by atoms with Gasteiger partial charge in [-0.3, -0.25) is 9.69 Å². The van der Waals surface area contributed by atoms with Crippen LogP contribution in [-0.2, 0) is 6.54 Å². The number of nitrogens with zero attached hydrogens (tertiary/aromatic N) is 4. The van der Waals surface area contributed by atoms with Gasteiger partial charge in [0, 0.05) is 38.9 Å². The molecule has 0 spiro atoms. The second kappa shape index (κ2) is 6.45. The van der Waals surface area contributed by atoms with Crippen LogP contribution in [0.15, 0.2) is 48.9 Å². The van der Waals surface area contributed by atoms with E-state index in [4.69, 9.17) is 0 Å². The van der Waals surface area contributed by atoms with Gasteiger partial charge in [0.15, 0.2) is 0 Å². The monoisotopic (exact) mass is 282 g/mol. The Morgan fingerprint density at radius 3 is 2.48 bits per heavy atom. The van der Waals surface area contributed by atoms with Crippen molar-refractivity contribution in [3.8, 4) is 0 Å². The quantitative estimate of drug-likeness (QED) is 0.854. The number of amides is 1. The fourth-order valence-corrected chi connectivity index (χ4v) is 2.53. The van der Waals surface area contributed by atoms with E-state index < -0.39 is 0 Å². The molecule has 21 heavy (non-hydrogen) atoms. The molecule has 5 heteroatoms. The van der Waals surface area contributed by atoms with Crippen molar-refractivity contribution >= 4 is 5.91 Å². The lowest BCUT2D eigenvalue weighted by atomic mass is 10.2. The van der Waals surface area contributed by atoms with Gasteiger partial charge in [-0.05, 0) is 11.6 Å². The van der Waals surface area contributed by atoms with Crippen molar-refractivity contribution in [1.82, 2.24) is 19.8 Å². The molecule has 108 valence electrons. The zero-order chi connectivity index (χ0) is 14.5. The van der Waals surface area contributed by atoms with Crippen molar-refractivity contribution in [3.05, 3.63) is 60.2 Å². The van der Waals surface area contributed by atoms with Crippen LogP contribution in [0, 0.1) is 0 Å². The smallest absolute Gasteiger partial charge is 0.272 e. The van der Waals surface area contributed by atoms with Crippen LogP contribution >= 0.6 is 0 Å². The lowest BCUT2D eigenvalue weighted by Crippen LogP contribution is -2.48. The predicted octanol–water partition coefficient (Wildman–Crippen LogP) is 1.43. The highest BCUT2D eigenvalue weighted by atomic mass is 16.2. The summed E-state index contributed by atoms with van der Waals surface area (Å²) in [6, 6.07) is 12.1. The fourth-order valence-electron chi connectivity index (χ4n) is 2.53. The van der Waals surface area contributed by atoms with Gasteiger partial charge in [-0.15, -0.1) is 0 Å². The Hall–Kier alpha value is -2.27. The van der Waals surface area contributed by atoms with Gasteiger partial charge in [0.25, 0.3) is 5.91 Å². The molecule has 5 nitrogen and oxygen atoms in total. The standard InChI is InChI=1S/C16H18N4O/c21-16(15-6-7-17-13-18-15)20-10-8-19(9-11-20)12-14-4-2-1-3-5-14/h1-7,13H,8-12H2. The maximum absolute atomic E-state index is 12.3. The number of hydrogen-bond acceptors (Lipinski definition) is 4. The number of benzene rings is 1. The average molecular weight is 282 g/mol. The zero-order valence-electron chi connectivity index (χ0n) is 11.9. The van der Waals surface area contributed by atoms with Gasteiger partial charge in [0.2, 0.25) is 0 Å². The molecule has 0 saturated carbocycles. The van der Waals surface area contributed by atoms with Crippen molar-refractivity contribution < 1.29 is 4.79 Å². The first-order chi connectivity index (χ1) is 10.3. The van der Waals surface area contributed by atoms with Crippen LogP contribution in [0.5, 0.6) is 0 Å². The van der Waals surface area contributed by atoms with Gasteiger partial charge in [0.1, 0.15) is 12.0 Å². The molecule has 3 rings (SSSR count). The van der Waals surface area contributed by atoms with Crippen molar-refractivity contribution in [1.29, 1.82) is 0 Å². The second-order valence-corrected chi connectivity index (χ2v) is 5.15. The van der Waals surface area contributed by atoms with Crippen molar-refractivity contribution in [3.63, 3.8) is 0 Å². The molecule has 1 amide bonds. The molecule has 2 heterocycles. The largest absolute Gasteiger partial charge is 0.335 e. The summed E-state index contributed by atoms with van der Waals surface area (Å²) in [6.07, 6.45) is 3.02. The summed E-state index contributed by atoms with van der Waals surface area (Å²) < 4.78 is 0. The molecule has 1 aliphatic rings. The summed E-state index contributed by atoms with van der Waals surface area (Å²) in [4.78, 5) is 24.4. The van der Waals surface area contributed by atoms with E-state index in [0.29, 0.717) is 5.69 Å². The summed E-state index contributed by atoms with van der Waals surface area (Å²) in [5.41, 5.74) is 1.79. The van der Waals surface area contributed by atoms with E-state index in [9.17, 15) is 4.79 Å². The lowest BCUT2D eigenvalue weighted by Gasteiger charge is -2.34. The molecule has 0 bridgehead atoms. The molecule has 1 saturated heterocycles. The molecule has 1 aromatic carbocycles. The highest BCUT2D eigenvalue weighted by Gasteiger charge is 2.22. The molecule has 0 radical (unpaired) electrons. The minimum atomic E-state index is -0.00300. The Bertz CT molecular complexity index is 580. The Balaban J connectivity index is 1.54. The molecule has 0 N–H and O–H groups in total. The highest BCUT2D eigenvalue weighted by molar-refractivity contribution is 5.92. The van der Waals surface area contributed by atoms with Crippen LogP contribution in [0.2, 0.25) is 0 Å². The predicted molar refractivity (Wildman–Crippen MR) is 79.7 cm³/mol. The fraction of sp³-hybridized carbons (Fsp3) is 0.312. The van der Waals surface area contributed by atoms with Crippen LogP contribution in [-0.4, -0.2) is 51.9 Å². The molecule has 1 fully saturated rings. The number of carbonyl (C=O) groups is 1. The van der Waals surface area contributed by atoms with E-state index in [1.54, 1.807) is 12.3 Å². The molecule has 0 atom stereocenters. The van der Waals surface area contributed by atoms with Gasteiger partial charge < -0.3 is 4.90 Å². The van der Waals surface area contributed by atoms with E-state index in [1.807, 2.05) is 11.0 Å². The molecule has 1 aromatic heterocycles. The Kier molecular flexibility index (Phi) is 4.21. The van der Waals surface area contributed by atoms with Gasteiger partial charge in [-0.1, -0.05) is 30.3 Å². The molecular formula is C16H18N4O. The summed E-state index contributed by atoms with van der Waals surface area (Å²) in [5.74, 6) is -0.00300. The van der Waals surface area contributed by atoms with Crippen LogP contribution < -0.4 is 0 Å². The maximum Gasteiger partial charge on any atom is 0.272 e. The number of aromatic nitrogens is 2. The van der Waals surface area contributed by atoms with Crippen LogP contribution in [0.1, 0.15) is 16.1 Å². The second-order valence-electron chi connectivity index (χ2n) is 5.15. The normalized spacial score (nSPS) is 15.9. The van der Waals surface area contributed by atoms with Gasteiger partial charge >= 0.3 is 0 Å². The summed E-state index contributed by atoms with van der Waals surface area (Å²) in [7, 11) is 0. The summed E-state index contributed by atoms with van der Waals surface area (Å²) in [6.45, 7) is 4.22. The topological polar surface area (TPSA) is 49.3 Å². The third kappa shape index (κ3) is 3.44. The van der Waals surface area contributed by atoms with E-state index in [2.05, 4.69) is 39.1 Å². The van der Waals surface area contributed by atoms with E-state index in [0.717, 1.165) is 32.7 Å². The van der Waals surface area contributed by atoms with Crippen LogP contribution in [0.25, 0.3) is 0 Å². The average Bonchev–Trinajstić information content (AvgIpc) is 2.57. The van der Waals surface area contributed by atoms with Gasteiger partial charge in [0.05, 0.1) is 0 Å². The first-order valence-corrected chi connectivity index (χ1v) is 7.14. The third-order valence-electron chi connectivity index (χ3n) is 3.71. The SMILES string of the molecule is O=C(c1ccncn1)N1CCN(Cc2ccccc2)CC1. The molecule has 1 aliphatic heterocycles. The maximum atomic E-state index is 12.3. The highest BCUT2D eigenvalue weighted by Crippen LogP contribution is 2.10. The number of carbonyl (C=O) groups excluding carboxylic acids is 1. The Morgan fingerprint density at radius 1 is 1.05 bits per heavy atom. The van der Waals surface area contributed by atoms with Gasteiger partial charge in [-0.2, -0.15) is 0 Å². The Labute approximate surface area is 124 Å². The zero-order valence-corrected chi connectivity index (χ0v) is 11.9. The lowest BCUT2D eigenvalue weighted by molar-refractivity contribution is 0.0622. The molecule has 0 aliphatic carbocycles. The number of rotatable bonds is 3. The number of piperazine rings is 1. The summed E-state index contributed by atoms with van der Waals surface area (Å²) in [5, 5.41) is 0. The summed E-state index contributed by atoms with van der Waals surface area (Å²) >= 11 is 0. The van der Waals surface area contributed by atoms with Crippen molar-refractivity contribution in [2.75, 3.05) is 26.2 Å².